The smallest absolute Gasteiger partial charge is 0.205 e. The fraction of sp³-hybridized carbons (Fsp3) is 0.294. The molecule has 0 saturated heterocycles. The first-order valence-corrected chi connectivity index (χ1v) is 7.02. The second-order valence-electron chi connectivity index (χ2n) is 5.47. The molecule has 1 aliphatic carbocycles. The Balaban J connectivity index is 2.16. The molecule has 0 radical (unpaired) electrons. The summed E-state index contributed by atoms with van der Waals surface area (Å²) in [6, 6.07) is 10.1. The van der Waals surface area contributed by atoms with E-state index in [4.69, 9.17) is 10.5 Å². The van der Waals surface area contributed by atoms with Gasteiger partial charge in [-0.25, -0.2) is 0 Å². The van der Waals surface area contributed by atoms with E-state index < -0.39 is 0 Å². The molecule has 0 aromatic heterocycles. The van der Waals surface area contributed by atoms with Crippen LogP contribution in [0.5, 0.6) is 0 Å². The number of allylic oxidation sites excluding steroid dienone is 3. The molecular formula is C17H16N2O2. The van der Waals surface area contributed by atoms with Gasteiger partial charge < -0.3 is 10.5 Å². The van der Waals surface area contributed by atoms with Crippen LogP contribution in [0, 0.1) is 18.3 Å². The van der Waals surface area contributed by atoms with Crippen LogP contribution in [0.2, 0.25) is 0 Å². The number of nitriles is 1. The second kappa shape index (κ2) is 5.10. The van der Waals surface area contributed by atoms with Crippen LogP contribution in [0.3, 0.4) is 0 Å². The molecule has 0 amide bonds. The van der Waals surface area contributed by atoms with E-state index in [0.717, 1.165) is 29.5 Å². The van der Waals surface area contributed by atoms with Crippen LogP contribution >= 0.6 is 0 Å². The predicted molar refractivity (Wildman–Crippen MR) is 77.7 cm³/mol. The Hall–Kier alpha value is -2.54. The number of hydrogen-bond donors (Lipinski definition) is 1. The number of Topliss-reactive ketones (excluding diaryl/α,β-unsaturated/α-hetero) is 1. The number of ketones is 1. The lowest BCUT2D eigenvalue weighted by atomic mass is 9.78. The molecule has 0 fully saturated rings. The van der Waals surface area contributed by atoms with Gasteiger partial charge >= 0.3 is 0 Å². The van der Waals surface area contributed by atoms with Crippen LogP contribution in [-0.4, -0.2) is 5.78 Å². The second-order valence-corrected chi connectivity index (χ2v) is 5.47. The monoisotopic (exact) mass is 280 g/mol. The van der Waals surface area contributed by atoms with Gasteiger partial charge in [-0.2, -0.15) is 5.26 Å². The SMILES string of the molecule is Cc1ccc(C2C(C#N)=C(N)OC3=C2CCCC3=O)cc1. The molecule has 4 heteroatoms. The van der Waals surface area contributed by atoms with E-state index in [1.54, 1.807) is 0 Å². The molecule has 2 N–H and O–H groups in total. The average Bonchev–Trinajstić information content (AvgIpc) is 2.48. The highest BCUT2D eigenvalue weighted by atomic mass is 16.5. The Morgan fingerprint density at radius 2 is 2.00 bits per heavy atom. The molecule has 1 atom stereocenters. The summed E-state index contributed by atoms with van der Waals surface area (Å²) in [4.78, 5) is 12.1. The van der Waals surface area contributed by atoms with Gasteiger partial charge in [0.1, 0.15) is 11.6 Å². The van der Waals surface area contributed by atoms with Crippen molar-refractivity contribution in [1.29, 1.82) is 5.26 Å². The Morgan fingerprint density at radius 3 is 2.67 bits per heavy atom. The van der Waals surface area contributed by atoms with E-state index in [2.05, 4.69) is 6.07 Å². The summed E-state index contributed by atoms with van der Waals surface area (Å²) in [5.41, 5.74) is 9.28. The summed E-state index contributed by atoms with van der Waals surface area (Å²) in [7, 11) is 0. The van der Waals surface area contributed by atoms with E-state index in [0.29, 0.717) is 17.8 Å². The van der Waals surface area contributed by atoms with Crippen LogP contribution < -0.4 is 5.73 Å². The molecule has 1 aromatic rings. The number of carbonyl (C=O) groups excluding carboxylic acids is 1. The van der Waals surface area contributed by atoms with Gasteiger partial charge in [0.15, 0.2) is 11.5 Å². The number of carbonyl (C=O) groups is 1. The number of benzene rings is 1. The van der Waals surface area contributed by atoms with E-state index in [1.807, 2.05) is 31.2 Å². The van der Waals surface area contributed by atoms with Crippen LogP contribution in [0.15, 0.2) is 47.1 Å². The molecule has 106 valence electrons. The van der Waals surface area contributed by atoms with Crippen LogP contribution in [-0.2, 0) is 9.53 Å². The van der Waals surface area contributed by atoms with Crippen LogP contribution in [0.25, 0.3) is 0 Å². The van der Waals surface area contributed by atoms with E-state index in [-0.39, 0.29) is 17.6 Å². The first-order valence-electron chi connectivity index (χ1n) is 7.02. The molecule has 0 bridgehead atoms. The zero-order chi connectivity index (χ0) is 15.0. The summed E-state index contributed by atoms with van der Waals surface area (Å²) in [6.07, 6.45) is 2.04. The molecule has 1 unspecified atom stereocenters. The number of nitrogens with two attached hydrogens (primary N) is 1. The zero-order valence-electron chi connectivity index (χ0n) is 11.8. The van der Waals surface area contributed by atoms with Crippen molar-refractivity contribution in [3.8, 4) is 6.07 Å². The van der Waals surface area contributed by atoms with Crippen molar-refractivity contribution in [2.24, 2.45) is 5.73 Å². The maximum atomic E-state index is 12.1. The summed E-state index contributed by atoms with van der Waals surface area (Å²) >= 11 is 0. The van der Waals surface area contributed by atoms with Crippen LogP contribution in [0.1, 0.15) is 36.3 Å². The molecule has 1 heterocycles. The van der Waals surface area contributed by atoms with Crippen molar-refractivity contribution >= 4 is 5.78 Å². The minimum Gasteiger partial charge on any atom is -0.437 e. The fourth-order valence-electron chi connectivity index (χ4n) is 2.97. The van der Waals surface area contributed by atoms with Gasteiger partial charge in [-0.15, -0.1) is 0 Å². The number of rotatable bonds is 1. The lowest BCUT2D eigenvalue weighted by molar-refractivity contribution is -0.119. The Labute approximate surface area is 123 Å². The molecule has 0 saturated carbocycles. The molecular weight excluding hydrogens is 264 g/mol. The minimum atomic E-state index is -0.261. The summed E-state index contributed by atoms with van der Waals surface area (Å²) in [6.45, 7) is 2.01. The third-order valence-electron chi connectivity index (χ3n) is 4.04. The molecule has 1 aliphatic heterocycles. The quantitative estimate of drug-likeness (QED) is 0.858. The van der Waals surface area contributed by atoms with E-state index in [1.165, 1.54) is 0 Å². The van der Waals surface area contributed by atoms with Crippen molar-refractivity contribution in [3.05, 3.63) is 58.2 Å². The summed E-state index contributed by atoms with van der Waals surface area (Å²) in [5.74, 6) is 0.123. The van der Waals surface area contributed by atoms with Gasteiger partial charge in [0.2, 0.25) is 5.88 Å². The normalized spacial score (nSPS) is 21.7. The van der Waals surface area contributed by atoms with Gasteiger partial charge in [0.25, 0.3) is 0 Å². The fourth-order valence-corrected chi connectivity index (χ4v) is 2.97. The molecule has 4 nitrogen and oxygen atoms in total. The van der Waals surface area contributed by atoms with Crippen molar-refractivity contribution in [1.82, 2.24) is 0 Å². The van der Waals surface area contributed by atoms with Crippen molar-refractivity contribution in [3.63, 3.8) is 0 Å². The number of aryl methyl sites for hydroxylation is 1. The van der Waals surface area contributed by atoms with Gasteiger partial charge in [0.05, 0.1) is 0 Å². The van der Waals surface area contributed by atoms with Crippen molar-refractivity contribution in [2.45, 2.75) is 32.1 Å². The summed E-state index contributed by atoms with van der Waals surface area (Å²) < 4.78 is 5.45. The van der Waals surface area contributed by atoms with E-state index in [9.17, 15) is 10.1 Å². The third-order valence-corrected chi connectivity index (χ3v) is 4.04. The van der Waals surface area contributed by atoms with Crippen molar-refractivity contribution in [2.75, 3.05) is 0 Å². The molecule has 21 heavy (non-hydrogen) atoms. The highest BCUT2D eigenvalue weighted by Gasteiger charge is 2.36. The lowest BCUT2D eigenvalue weighted by Gasteiger charge is -2.31. The van der Waals surface area contributed by atoms with Gasteiger partial charge in [-0.3, -0.25) is 4.79 Å². The maximum Gasteiger partial charge on any atom is 0.205 e. The number of hydrogen-bond acceptors (Lipinski definition) is 4. The van der Waals surface area contributed by atoms with Crippen molar-refractivity contribution < 1.29 is 9.53 Å². The average molecular weight is 280 g/mol. The Kier molecular flexibility index (Phi) is 3.26. The zero-order valence-corrected chi connectivity index (χ0v) is 11.8. The van der Waals surface area contributed by atoms with Gasteiger partial charge in [-0.05, 0) is 30.9 Å². The Bertz CT molecular complexity index is 705. The first-order chi connectivity index (χ1) is 10.1. The predicted octanol–water partition coefficient (Wildman–Crippen LogP) is 2.81. The highest BCUT2D eigenvalue weighted by molar-refractivity contribution is 5.96. The van der Waals surface area contributed by atoms with E-state index >= 15 is 0 Å². The topological polar surface area (TPSA) is 76.1 Å². The first kappa shape index (κ1) is 13.4. The number of nitrogens with zero attached hydrogens (tertiary/aromatic N) is 1. The highest BCUT2D eigenvalue weighted by Crippen LogP contribution is 2.43. The lowest BCUT2D eigenvalue weighted by Crippen LogP contribution is -2.26. The minimum absolute atomic E-state index is 0.0201. The third kappa shape index (κ3) is 2.21. The summed E-state index contributed by atoms with van der Waals surface area (Å²) in [5, 5.41) is 9.43. The molecule has 2 aliphatic rings. The molecule has 1 aromatic carbocycles. The number of ether oxygens (including phenoxy) is 1. The maximum absolute atomic E-state index is 12.1. The molecule has 3 rings (SSSR count). The Morgan fingerprint density at radius 1 is 1.29 bits per heavy atom. The van der Waals surface area contributed by atoms with Gasteiger partial charge in [-0.1, -0.05) is 29.8 Å². The van der Waals surface area contributed by atoms with Crippen LogP contribution in [0.4, 0.5) is 0 Å². The largest absolute Gasteiger partial charge is 0.437 e. The van der Waals surface area contributed by atoms with Gasteiger partial charge in [0, 0.05) is 12.3 Å². The molecule has 0 spiro atoms. The standard InChI is InChI=1S/C17H16N2O2/c1-10-5-7-11(8-6-10)15-12-3-2-4-14(20)16(12)21-17(19)13(15)9-18/h5-8,15H,2-4,19H2,1H3.